The first-order valence-corrected chi connectivity index (χ1v) is 10.1. The second-order valence-electron chi connectivity index (χ2n) is 8.82. The summed E-state index contributed by atoms with van der Waals surface area (Å²) in [5.74, 6) is 0.402. The molecule has 4 nitrogen and oxygen atoms in total. The molecule has 0 aromatic heterocycles. The Bertz CT molecular complexity index is 812. The second kappa shape index (κ2) is 8.36. The number of amides is 1. The molecule has 1 unspecified atom stereocenters. The lowest BCUT2D eigenvalue weighted by Crippen LogP contribution is -2.33. The van der Waals surface area contributed by atoms with Crippen molar-refractivity contribution >= 4 is 5.91 Å². The van der Waals surface area contributed by atoms with Crippen LogP contribution in [0.1, 0.15) is 55.8 Å². The molecule has 0 aliphatic heterocycles. The van der Waals surface area contributed by atoms with Gasteiger partial charge >= 0.3 is 0 Å². The highest BCUT2D eigenvalue weighted by Gasteiger charge is 2.37. The van der Waals surface area contributed by atoms with Crippen molar-refractivity contribution in [3.05, 3.63) is 65.2 Å². The van der Waals surface area contributed by atoms with Crippen molar-refractivity contribution in [2.24, 2.45) is 0 Å². The van der Waals surface area contributed by atoms with Crippen molar-refractivity contribution in [2.45, 2.75) is 57.0 Å². The Labute approximate surface area is 168 Å². The summed E-state index contributed by atoms with van der Waals surface area (Å²) in [6.45, 7) is 4.50. The van der Waals surface area contributed by atoms with Gasteiger partial charge in [0.25, 0.3) is 0 Å². The van der Waals surface area contributed by atoms with E-state index < -0.39 is 0 Å². The molecule has 1 aliphatic rings. The Hall–Kier alpha value is -2.33. The van der Waals surface area contributed by atoms with Crippen LogP contribution < -0.4 is 5.32 Å². The van der Waals surface area contributed by atoms with Gasteiger partial charge in [-0.1, -0.05) is 50.2 Å². The van der Waals surface area contributed by atoms with E-state index in [-0.39, 0.29) is 29.2 Å². The van der Waals surface area contributed by atoms with Crippen LogP contribution in [0.2, 0.25) is 0 Å². The van der Waals surface area contributed by atoms with Gasteiger partial charge in [-0.15, -0.1) is 0 Å². The molecular formula is C24H32N2O2. The number of rotatable bonds is 7. The van der Waals surface area contributed by atoms with Gasteiger partial charge in [0.15, 0.2) is 0 Å². The maximum atomic E-state index is 12.7. The van der Waals surface area contributed by atoms with Gasteiger partial charge in [0.05, 0.1) is 6.04 Å². The lowest BCUT2D eigenvalue weighted by molar-refractivity contribution is -0.122. The quantitative estimate of drug-likeness (QED) is 0.757. The van der Waals surface area contributed by atoms with Crippen LogP contribution >= 0.6 is 0 Å². The number of benzene rings is 2. The van der Waals surface area contributed by atoms with E-state index in [0.29, 0.717) is 6.42 Å². The van der Waals surface area contributed by atoms with Crippen LogP contribution in [0.15, 0.2) is 48.5 Å². The highest BCUT2D eigenvalue weighted by atomic mass is 16.3. The molecule has 0 saturated carbocycles. The molecule has 0 fully saturated rings. The van der Waals surface area contributed by atoms with Gasteiger partial charge in [0.2, 0.25) is 5.91 Å². The molecule has 28 heavy (non-hydrogen) atoms. The highest BCUT2D eigenvalue weighted by molar-refractivity contribution is 5.76. The molecule has 0 bridgehead atoms. The van der Waals surface area contributed by atoms with E-state index in [2.05, 4.69) is 62.4 Å². The van der Waals surface area contributed by atoms with E-state index in [1.807, 2.05) is 12.1 Å². The Morgan fingerprint density at radius 3 is 2.54 bits per heavy atom. The summed E-state index contributed by atoms with van der Waals surface area (Å²) in [5, 5.41) is 12.7. The first-order chi connectivity index (χ1) is 13.3. The normalized spacial score (nSPS) is 18.7. The first kappa shape index (κ1) is 20.4. The minimum absolute atomic E-state index is 0.0968. The molecule has 1 amide bonds. The van der Waals surface area contributed by atoms with Gasteiger partial charge in [-0.05, 0) is 67.6 Å². The fraction of sp³-hybridized carbons (Fsp3) is 0.458. The number of phenolic OH excluding ortho intramolecular Hbond substituents is 1. The summed E-state index contributed by atoms with van der Waals surface area (Å²) in [6.07, 6.45) is 3.13. The summed E-state index contributed by atoms with van der Waals surface area (Å²) in [7, 11) is 4.11. The number of likely N-dealkylation sites (N-methyl/N-ethyl adjacent to an activating group) is 1. The standard InChI is InChI=1S/C24H32N2O2/c1-24(2)16-22(20-7-5-6-8-21(20)24)25-23(28)14-11-18(26(3)4)15-17-9-12-19(27)13-10-17/h5-10,12-13,18,22,27H,11,14-16H2,1-4H3,(H,25,28)/t18-,22?/m1/s1. The van der Waals surface area contributed by atoms with E-state index in [4.69, 9.17) is 0 Å². The zero-order valence-corrected chi connectivity index (χ0v) is 17.4. The molecule has 4 heteroatoms. The van der Waals surface area contributed by atoms with E-state index in [1.54, 1.807) is 12.1 Å². The fourth-order valence-corrected chi connectivity index (χ4v) is 4.29. The van der Waals surface area contributed by atoms with E-state index >= 15 is 0 Å². The molecule has 3 rings (SSSR count). The smallest absolute Gasteiger partial charge is 0.220 e. The summed E-state index contributed by atoms with van der Waals surface area (Å²) < 4.78 is 0. The number of hydrogen-bond donors (Lipinski definition) is 2. The van der Waals surface area contributed by atoms with Crippen LogP contribution in [0.4, 0.5) is 0 Å². The largest absolute Gasteiger partial charge is 0.508 e. The number of carbonyl (C=O) groups is 1. The van der Waals surface area contributed by atoms with Crippen LogP contribution in [-0.4, -0.2) is 36.1 Å². The number of aromatic hydroxyl groups is 1. The van der Waals surface area contributed by atoms with Crippen LogP contribution in [0, 0.1) is 0 Å². The lowest BCUT2D eigenvalue weighted by Gasteiger charge is -2.25. The zero-order valence-electron chi connectivity index (χ0n) is 17.4. The third-order valence-corrected chi connectivity index (χ3v) is 5.96. The predicted molar refractivity (Wildman–Crippen MR) is 113 cm³/mol. The third-order valence-electron chi connectivity index (χ3n) is 5.96. The minimum Gasteiger partial charge on any atom is -0.508 e. The van der Waals surface area contributed by atoms with Crippen molar-refractivity contribution in [1.82, 2.24) is 10.2 Å². The summed E-state index contributed by atoms with van der Waals surface area (Å²) in [5.41, 5.74) is 3.87. The number of nitrogens with zero attached hydrogens (tertiary/aromatic N) is 1. The van der Waals surface area contributed by atoms with Crippen LogP contribution in [0.3, 0.4) is 0 Å². The SMILES string of the molecule is CN(C)[C@H](CCC(=O)NC1CC(C)(C)c2ccccc21)Cc1ccc(O)cc1. The fourth-order valence-electron chi connectivity index (χ4n) is 4.29. The Morgan fingerprint density at radius 2 is 1.86 bits per heavy atom. The highest BCUT2D eigenvalue weighted by Crippen LogP contribution is 2.44. The molecule has 0 saturated heterocycles. The summed E-state index contributed by atoms with van der Waals surface area (Å²) >= 11 is 0. The lowest BCUT2D eigenvalue weighted by atomic mass is 9.86. The number of carbonyl (C=O) groups excluding carboxylic acids is 1. The maximum absolute atomic E-state index is 12.7. The van der Waals surface area contributed by atoms with Crippen molar-refractivity contribution in [2.75, 3.05) is 14.1 Å². The van der Waals surface area contributed by atoms with Gasteiger partial charge in [-0.25, -0.2) is 0 Å². The van der Waals surface area contributed by atoms with Gasteiger partial charge in [-0.2, -0.15) is 0 Å². The van der Waals surface area contributed by atoms with Crippen molar-refractivity contribution in [3.8, 4) is 5.75 Å². The topological polar surface area (TPSA) is 52.6 Å². The van der Waals surface area contributed by atoms with Crippen molar-refractivity contribution in [1.29, 1.82) is 0 Å². The van der Waals surface area contributed by atoms with Crippen LogP contribution in [-0.2, 0) is 16.6 Å². The van der Waals surface area contributed by atoms with Crippen LogP contribution in [0.5, 0.6) is 5.75 Å². The number of phenols is 1. The maximum Gasteiger partial charge on any atom is 0.220 e. The molecule has 2 aromatic carbocycles. The van der Waals surface area contributed by atoms with Gasteiger partial charge in [-0.3, -0.25) is 4.79 Å². The average molecular weight is 381 g/mol. The van der Waals surface area contributed by atoms with E-state index in [1.165, 1.54) is 16.7 Å². The minimum atomic E-state index is 0.0968. The van der Waals surface area contributed by atoms with Gasteiger partial charge in [0.1, 0.15) is 5.75 Å². The molecule has 0 spiro atoms. The molecule has 2 N–H and O–H groups in total. The molecule has 1 aliphatic carbocycles. The van der Waals surface area contributed by atoms with Gasteiger partial charge < -0.3 is 15.3 Å². The predicted octanol–water partition coefficient (Wildman–Crippen LogP) is 4.18. The third kappa shape index (κ3) is 4.74. The monoisotopic (exact) mass is 380 g/mol. The van der Waals surface area contributed by atoms with E-state index in [0.717, 1.165) is 19.3 Å². The summed E-state index contributed by atoms with van der Waals surface area (Å²) in [4.78, 5) is 14.9. The van der Waals surface area contributed by atoms with Gasteiger partial charge in [0, 0.05) is 12.5 Å². The summed E-state index contributed by atoms with van der Waals surface area (Å²) in [6, 6.07) is 16.2. The number of fused-ring (bicyclic) bond motifs is 1. The Kier molecular flexibility index (Phi) is 6.09. The average Bonchev–Trinajstić information content (AvgIpc) is 2.90. The molecule has 2 atom stereocenters. The number of hydrogen-bond acceptors (Lipinski definition) is 3. The van der Waals surface area contributed by atoms with Crippen LogP contribution in [0.25, 0.3) is 0 Å². The van der Waals surface area contributed by atoms with Crippen molar-refractivity contribution in [3.63, 3.8) is 0 Å². The van der Waals surface area contributed by atoms with Crippen molar-refractivity contribution < 1.29 is 9.90 Å². The van der Waals surface area contributed by atoms with E-state index in [9.17, 15) is 9.90 Å². The Balaban J connectivity index is 1.57. The molecular weight excluding hydrogens is 348 g/mol. The number of nitrogens with one attached hydrogen (secondary N) is 1. The molecule has 150 valence electrons. The first-order valence-electron chi connectivity index (χ1n) is 10.1. The zero-order chi connectivity index (χ0) is 20.3. The molecule has 2 aromatic rings. The Morgan fingerprint density at radius 1 is 1.18 bits per heavy atom. The second-order valence-corrected chi connectivity index (χ2v) is 8.82. The molecule has 0 heterocycles. The molecule has 0 radical (unpaired) electrons.